The van der Waals surface area contributed by atoms with Crippen molar-refractivity contribution in [3.8, 4) is 5.75 Å². The number of hydrogen-bond acceptors (Lipinski definition) is 3. The average Bonchev–Trinajstić information content (AvgIpc) is 2.84. The van der Waals surface area contributed by atoms with Gasteiger partial charge in [0.2, 0.25) is 0 Å². The van der Waals surface area contributed by atoms with Crippen molar-refractivity contribution in [2.45, 2.75) is 57.4 Å². The monoisotopic (exact) mass is 492 g/mol. The van der Waals surface area contributed by atoms with E-state index in [4.69, 9.17) is 16.3 Å². The van der Waals surface area contributed by atoms with Crippen LogP contribution in [0.2, 0.25) is 5.02 Å². The summed E-state index contributed by atoms with van der Waals surface area (Å²) in [5, 5.41) is 0.768. The summed E-state index contributed by atoms with van der Waals surface area (Å²) in [7, 11) is 0. The summed E-state index contributed by atoms with van der Waals surface area (Å²) in [5.74, 6) is 3.72. The van der Waals surface area contributed by atoms with Crippen LogP contribution in [0.5, 0.6) is 5.75 Å². The maximum absolute atomic E-state index is 13.1. The molecule has 186 valence electrons. The van der Waals surface area contributed by atoms with E-state index in [1.165, 1.54) is 55.2 Å². The van der Waals surface area contributed by atoms with Crippen molar-refractivity contribution in [3.63, 3.8) is 0 Å². The molecule has 0 radical (unpaired) electrons. The van der Waals surface area contributed by atoms with Crippen LogP contribution in [0.3, 0.4) is 0 Å². The summed E-state index contributed by atoms with van der Waals surface area (Å²) in [6, 6.07) is 14.7. The molecule has 4 aliphatic carbocycles. The number of carbonyl (C=O) groups is 1. The molecule has 0 unspecified atom stereocenters. The molecular weight excluding hydrogens is 456 g/mol. The number of piperazine rings is 1. The quantitative estimate of drug-likeness (QED) is 0.508. The van der Waals surface area contributed by atoms with Crippen LogP contribution >= 0.6 is 11.6 Å². The predicted molar refractivity (Wildman–Crippen MR) is 140 cm³/mol. The van der Waals surface area contributed by atoms with E-state index in [2.05, 4.69) is 42.2 Å². The number of aryl methyl sites for hydroxylation is 1. The molecule has 4 nitrogen and oxygen atoms in total. The third-order valence-corrected chi connectivity index (χ3v) is 9.39. The Morgan fingerprint density at radius 1 is 0.943 bits per heavy atom. The fourth-order valence-electron chi connectivity index (χ4n) is 7.86. The van der Waals surface area contributed by atoms with Gasteiger partial charge in [-0.3, -0.25) is 9.69 Å². The highest BCUT2D eigenvalue weighted by Crippen LogP contribution is 2.61. The zero-order chi connectivity index (χ0) is 24.0. The van der Waals surface area contributed by atoms with Crippen LogP contribution in [0.25, 0.3) is 0 Å². The minimum atomic E-state index is 0.105. The molecule has 7 rings (SSSR count). The lowest BCUT2D eigenvalue weighted by Crippen LogP contribution is -2.50. The Morgan fingerprint density at radius 2 is 1.57 bits per heavy atom. The van der Waals surface area contributed by atoms with E-state index < -0.39 is 0 Å². The normalized spacial score (nSPS) is 30.0. The van der Waals surface area contributed by atoms with Crippen molar-refractivity contribution in [1.29, 1.82) is 0 Å². The number of halogens is 1. The van der Waals surface area contributed by atoms with Crippen molar-refractivity contribution in [1.82, 2.24) is 9.80 Å². The van der Waals surface area contributed by atoms with Crippen LogP contribution in [0.15, 0.2) is 42.5 Å². The van der Waals surface area contributed by atoms with Gasteiger partial charge < -0.3 is 9.64 Å². The number of amides is 1. The standard InChI is InChI=1S/C30H37ClN2O2/c1-21-2-7-28(27(12-21)30-16-23-13-24(17-30)15-25(14-23)18-30)35-20-29(34)33-10-8-32(9-11-33)19-22-3-5-26(31)6-4-22/h2-7,12,23-25H,8-11,13-20H2,1H3. The van der Waals surface area contributed by atoms with E-state index >= 15 is 0 Å². The van der Waals surface area contributed by atoms with Crippen molar-refractivity contribution >= 4 is 17.5 Å². The maximum atomic E-state index is 13.1. The zero-order valence-electron chi connectivity index (χ0n) is 20.8. The first-order valence-electron chi connectivity index (χ1n) is 13.4. The number of nitrogens with zero attached hydrogens (tertiary/aromatic N) is 2. The molecule has 5 fully saturated rings. The lowest BCUT2D eigenvalue weighted by Gasteiger charge is -2.57. The molecule has 5 heteroatoms. The van der Waals surface area contributed by atoms with E-state index in [9.17, 15) is 4.79 Å². The lowest BCUT2D eigenvalue weighted by atomic mass is 9.48. The fraction of sp³-hybridized carbons (Fsp3) is 0.567. The van der Waals surface area contributed by atoms with Gasteiger partial charge in [-0.1, -0.05) is 41.4 Å². The highest BCUT2D eigenvalue weighted by molar-refractivity contribution is 6.30. The van der Waals surface area contributed by atoms with E-state index in [0.717, 1.165) is 61.2 Å². The van der Waals surface area contributed by atoms with Crippen molar-refractivity contribution < 1.29 is 9.53 Å². The molecule has 4 bridgehead atoms. The molecular formula is C30H37ClN2O2. The second-order valence-electron chi connectivity index (χ2n) is 11.8. The molecule has 2 aromatic carbocycles. The molecule has 1 heterocycles. The Kier molecular flexibility index (Phi) is 6.30. The van der Waals surface area contributed by atoms with E-state index in [1.807, 2.05) is 17.0 Å². The van der Waals surface area contributed by atoms with Gasteiger partial charge in [0.15, 0.2) is 6.61 Å². The third-order valence-electron chi connectivity index (χ3n) is 9.14. The number of benzene rings is 2. The first-order valence-corrected chi connectivity index (χ1v) is 13.8. The average molecular weight is 493 g/mol. The minimum absolute atomic E-state index is 0.105. The van der Waals surface area contributed by atoms with Crippen LogP contribution in [0.4, 0.5) is 0 Å². The largest absolute Gasteiger partial charge is 0.483 e. The summed E-state index contributed by atoms with van der Waals surface area (Å²) in [5.41, 5.74) is 4.21. The molecule has 0 atom stereocenters. The fourth-order valence-corrected chi connectivity index (χ4v) is 7.98. The van der Waals surface area contributed by atoms with Crippen molar-refractivity contribution in [2.24, 2.45) is 17.8 Å². The van der Waals surface area contributed by atoms with Gasteiger partial charge in [0.05, 0.1) is 0 Å². The Bertz CT molecular complexity index is 1040. The minimum Gasteiger partial charge on any atom is -0.483 e. The molecule has 0 aromatic heterocycles. The van der Waals surface area contributed by atoms with Gasteiger partial charge >= 0.3 is 0 Å². The van der Waals surface area contributed by atoms with Gasteiger partial charge in [-0.25, -0.2) is 0 Å². The molecule has 1 saturated heterocycles. The summed E-state index contributed by atoms with van der Waals surface area (Å²) in [6.45, 7) is 6.50. The Morgan fingerprint density at radius 3 is 2.20 bits per heavy atom. The molecule has 1 aliphatic heterocycles. The molecule has 35 heavy (non-hydrogen) atoms. The first-order chi connectivity index (χ1) is 17.0. The van der Waals surface area contributed by atoms with Crippen LogP contribution in [0.1, 0.15) is 55.2 Å². The highest BCUT2D eigenvalue weighted by atomic mass is 35.5. The van der Waals surface area contributed by atoms with Gasteiger partial charge in [0.25, 0.3) is 5.91 Å². The smallest absolute Gasteiger partial charge is 0.260 e. The summed E-state index contributed by atoms with van der Waals surface area (Å²) >= 11 is 6.01. The highest BCUT2D eigenvalue weighted by Gasteiger charge is 2.52. The molecule has 4 saturated carbocycles. The SMILES string of the molecule is Cc1ccc(OCC(=O)N2CCN(Cc3ccc(Cl)cc3)CC2)c(C23CC4CC(CC(C4)C2)C3)c1. The summed E-state index contributed by atoms with van der Waals surface area (Å²) < 4.78 is 6.31. The van der Waals surface area contributed by atoms with Crippen LogP contribution in [-0.2, 0) is 16.8 Å². The van der Waals surface area contributed by atoms with Gasteiger partial charge in [-0.2, -0.15) is 0 Å². The first kappa shape index (κ1) is 23.4. The lowest BCUT2D eigenvalue weighted by molar-refractivity contribution is -0.135. The molecule has 0 spiro atoms. The second kappa shape index (κ2) is 9.44. The molecule has 5 aliphatic rings. The van der Waals surface area contributed by atoms with Crippen LogP contribution in [0, 0.1) is 24.7 Å². The summed E-state index contributed by atoms with van der Waals surface area (Å²) in [4.78, 5) is 17.4. The zero-order valence-corrected chi connectivity index (χ0v) is 21.6. The number of hydrogen-bond donors (Lipinski definition) is 0. The van der Waals surface area contributed by atoms with Crippen LogP contribution in [-0.4, -0.2) is 48.5 Å². The van der Waals surface area contributed by atoms with E-state index in [1.54, 1.807) is 0 Å². The number of carbonyl (C=O) groups excluding carboxylic acids is 1. The number of ether oxygens (including phenoxy) is 1. The molecule has 1 amide bonds. The Balaban J connectivity index is 1.08. The van der Waals surface area contributed by atoms with Crippen molar-refractivity contribution in [2.75, 3.05) is 32.8 Å². The topological polar surface area (TPSA) is 32.8 Å². The Labute approximate surface area is 214 Å². The van der Waals surface area contributed by atoms with E-state index in [0.29, 0.717) is 0 Å². The van der Waals surface area contributed by atoms with Gasteiger partial charge in [-0.15, -0.1) is 0 Å². The maximum Gasteiger partial charge on any atom is 0.260 e. The third kappa shape index (κ3) is 4.84. The second-order valence-corrected chi connectivity index (χ2v) is 12.2. The Hall–Kier alpha value is -2.04. The molecule has 0 N–H and O–H groups in total. The number of rotatable bonds is 6. The summed E-state index contributed by atoms with van der Waals surface area (Å²) in [6.07, 6.45) is 8.23. The van der Waals surface area contributed by atoms with E-state index in [-0.39, 0.29) is 17.9 Å². The van der Waals surface area contributed by atoms with Crippen molar-refractivity contribution in [3.05, 3.63) is 64.2 Å². The predicted octanol–water partition coefficient (Wildman–Crippen LogP) is 5.84. The van der Waals surface area contributed by atoms with Gasteiger partial charge in [-0.05, 0) is 92.4 Å². The van der Waals surface area contributed by atoms with Gasteiger partial charge in [0, 0.05) is 43.3 Å². The molecule has 2 aromatic rings. The van der Waals surface area contributed by atoms with Crippen LogP contribution < -0.4 is 4.74 Å². The van der Waals surface area contributed by atoms with Gasteiger partial charge in [0.1, 0.15) is 5.75 Å².